The summed E-state index contributed by atoms with van der Waals surface area (Å²) in [7, 11) is 0. The number of nitrogens with two attached hydrogens (primary N) is 1. The van der Waals surface area contributed by atoms with Crippen molar-refractivity contribution in [2.75, 3.05) is 5.32 Å². The van der Waals surface area contributed by atoms with Crippen LogP contribution in [-0.2, 0) is 0 Å². The van der Waals surface area contributed by atoms with Gasteiger partial charge in [-0.15, -0.1) is 16.4 Å². The molecule has 2 atom stereocenters. The van der Waals surface area contributed by atoms with Gasteiger partial charge in [-0.3, -0.25) is 0 Å². The highest BCUT2D eigenvalue weighted by Gasteiger charge is 2.39. The van der Waals surface area contributed by atoms with Crippen LogP contribution in [-0.4, -0.2) is 48.1 Å². The van der Waals surface area contributed by atoms with Crippen molar-refractivity contribution in [3.63, 3.8) is 0 Å². The van der Waals surface area contributed by atoms with E-state index in [0.717, 1.165) is 73.4 Å². The largest absolute Gasteiger partial charge is 0.390 e. The molecule has 2 unspecified atom stereocenters. The third kappa shape index (κ3) is 5.62. The minimum Gasteiger partial charge on any atom is -0.390 e. The van der Waals surface area contributed by atoms with E-state index in [4.69, 9.17) is 10.8 Å². The van der Waals surface area contributed by atoms with E-state index in [-0.39, 0.29) is 17.9 Å². The molecule has 2 saturated carbocycles. The summed E-state index contributed by atoms with van der Waals surface area (Å²) in [5, 5.41) is 33.0. The van der Waals surface area contributed by atoms with Crippen LogP contribution in [0.25, 0.3) is 16.2 Å². The van der Waals surface area contributed by atoms with Gasteiger partial charge in [0.15, 0.2) is 5.65 Å². The van der Waals surface area contributed by atoms with Gasteiger partial charge in [0.1, 0.15) is 11.5 Å². The van der Waals surface area contributed by atoms with Crippen LogP contribution in [0.1, 0.15) is 78.1 Å². The van der Waals surface area contributed by atoms with Crippen molar-refractivity contribution in [2.45, 2.75) is 101 Å². The van der Waals surface area contributed by atoms with Crippen LogP contribution in [0.15, 0.2) is 35.8 Å². The molecule has 0 saturated heterocycles. The number of fused-ring (bicyclic) bond motifs is 1. The number of hydrogen-bond donors (Lipinski definition) is 4. The van der Waals surface area contributed by atoms with E-state index in [1.54, 1.807) is 11.3 Å². The van der Waals surface area contributed by atoms with Gasteiger partial charge in [-0.2, -0.15) is 0 Å². The zero-order valence-electron chi connectivity index (χ0n) is 21.6. The zero-order valence-corrected chi connectivity index (χ0v) is 22.4. The van der Waals surface area contributed by atoms with Gasteiger partial charge in [0.25, 0.3) is 0 Å². The van der Waals surface area contributed by atoms with Crippen LogP contribution in [0.4, 0.5) is 5.82 Å². The Balaban J connectivity index is 1.15. The summed E-state index contributed by atoms with van der Waals surface area (Å²) in [5.74, 6) is 1.39. The van der Waals surface area contributed by atoms with Gasteiger partial charge in [-0.25, -0.2) is 9.50 Å². The minimum atomic E-state index is -0.760. The molecule has 8 heteroatoms. The van der Waals surface area contributed by atoms with Crippen LogP contribution in [0, 0.1) is 11.8 Å². The molecule has 0 spiro atoms. The molecule has 196 valence electrons. The molecule has 3 heterocycles. The molecule has 5 rings (SSSR count). The van der Waals surface area contributed by atoms with Crippen molar-refractivity contribution in [2.24, 2.45) is 17.6 Å². The van der Waals surface area contributed by atoms with E-state index >= 15 is 0 Å². The van der Waals surface area contributed by atoms with Gasteiger partial charge in [0, 0.05) is 12.1 Å². The molecule has 0 amide bonds. The van der Waals surface area contributed by atoms with Crippen LogP contribution in [0.2, 0.25) is 0 Å². The van der Waals surface area contributed by atoms with E-state index in [0.29, 0.717) is 18.9 Å². The molecule has 3 aromatic rings. The molecule has 7 nitrogen and oxygen atoms in total. The fourth-order valence-electron chi connectivity index (χ4n) is 6.27. The Morgan fingerprint density at radius 1 is 0.972 bits per heavy atom. The minimum absolute atomic E-state index is 0.251. The summed E-state index contributed by atoms with van der Waals surface area (Å²) in [6.07, 6.45) is 11.1. The van der Waals surface area contributed by atoms with Crippen molar-refractivity contribution in [3.8, 4) is 10.6 Å². The number of hydrogen-bond acceptors (Lipinski definition) is 7. The van der Waals surface area contributed by atoms with Crippen molar-refractivity contribution in [3.05, 3.63) is 35.8 Å². The van der Waals surface area contributed by atoms with Gasteiger partial charge in [0.05, 0.1) is 22.3 Å². The van der Waals surface area contributed by atoms with E-state index < -0.39 is 11.2 Å². The third-order valence-corrected chi connectivity index (χ3v) is 9.78. The second kappa shape index (κ2) is 10.4. The Morgan fingerprint density at radius 3 is 2.22 bits per heavy atom. The molecule has 2 aliphatic rings. The van der Waals surface area contributed by atoms with Crippen LogP contribution < -0.4 is 11.1 Å². The standard InChI is InChI=1S/C28H41N5O2S/c1-27(34,19-5-9-21(29)10-6-19)15-16-28(2,35)20-7-11-22(12-8-20)31-25-13-14-26-30-18-23(33(26)32-25)24-4-3-17-36-24/h3-4,13-14,17-22,34-35H,5-12,15-16,29H2,1-2H3,(H,31,32)/t19-,20?,21-,22?,27?,28?. The Bertz CT molecular complexity index is 1130. The maximum Gasteiger partial charge on any atom is 0.154 e. The van der Waals surface area contributed by atoms with E-state index in [2.05, 4.69) is 21.7 Å². The molecular formula is C28H41N5O2S. The van der Waals surface area contributed by atoms with E-state index in [1.807, 2.05) is 42.8 Å². The van der Waals surface area contributed by atoms with Crippen molar-refractivity contribution < 1.29 is 10.2 Å². The lowest BCUT2D eigenvalue weighted by Gasteiger charge is -2.42. The quantitative estimate of drug-likeness (QED) is 0.330. The summed E-state index contributed by atoms with van der Waals surface area (Å²) in [4.78, 5) is 5.65. The summed E-state index contributed by atoms with van der Waals surface area (Å²) in [5.41, 5.74) is 6.41. The second-order valence-corrected chi connectivity index (χ2v) is 12.6. The molecule has 2 aliphatic carbocycles. The second-order valence-electron chi connectivity index (χ2n) is 11.6. The molecular weight excluding hydrogens is 470 g/mol. The van der Waals surface area contributed by atoms with Crippen molar-refractivity contribution in [1.82, 2.24) is 14.6 Å². The number of anilines is 1. The fourth-order valence-corrected chi connectivity index (χ4v) is 6.99. The fraction of sp³-hybridized carbons (Fsp3) is 0.643. The Kier molecular flexibility index (Phi) is 7.41. The average Bonchev–Trinajstić information content (AvgIpc) is 3.53. The first-order valence-electron chi connectivity index (χ1n) is 13.6. The van der Waals surface area contributed by atoms with Crippen molar-refractivity contribution in [1.29, 1.82) is 0 Å². The summed E-state index contributed by atoms with van der Waals surface area (Å²) in [6.45, 7) is 3.93. The highest BCUT2D eigenvalue weighted by atomic mass is 32.1. The van der Waals surface area contributed by atoms with Gasteiger partial charge < -0.3 is 21.3 Å². The first-order valence-corrected chi connectivity index (χ1v) is 14.4. The number of aliphatic hydroxyl groups is 2. The third-order valence-electron chi connectivity index (χ3n) is 8.88. The van der Waals surface area contributed by atoms with Gasteiger partial charge in [-0.1, -0.05) is 6.07 Å². The monoisotopic (exact) mass is 511 g/mol. The molecule has 2 fully saturated rings. The van der Waals surface area contributed by atoms with Crippen molar-refractivity contribution >= 4 is 22.8 Å². The van der Waals surface area contributed by atoms with Gasteiger partial charge in [0.2, 0.25) is 0 Å². The molecule has 0 radical (unpaired) electrons. The Morgan fingerprint density at radius 2 is 1.61 bits per heavy atom. The first-order chi connectivity index (χ1) is 17.2. The van der Waals surface area contributed by atoms with Gasteiger partial charge >= 0.3 is 0 Å². The zero-order chi connectivity index (χ0) is 25.3. The molecule has 3 aromatic heterocycles. The molecule has 0 aliphatic heterocycles. The van der Waals surface area contributed by atoms with Crippen LogP contribution in [0.3, 0.4) is 0 Å². The predicted molar refractivity (Wildman–Crippen MR) is 146 cm³/mol. The molecule has 36 heavy (non-hydrogen) atoms. The van der Waals surface area contributed by atoms with Gasteiger partial charge in [-0.05, 0) is 113 Å². The number of aromatic nitrogens is 3. The smallest absolute Gasteiger partial charge is 0.154 e. The van der Waals surface area contributed by atoms with Crippen LogP contribution in [0.5, 0.6) is 0 Å². The summed E-state index contributed by atoms with van der Waals surface area (Å²) >= 11 is 1.69. The number of rotatable bonds is 8. The molecule has 0 aromatic carbocycles. The number of thiophene rings is 1. The number of imidazole rings is 1. The topological polar surface area (TPSA) is 109 Å². The lowest BCUT2D eigenvalue weighted by atomic mass is 9.70. The summed E-state index contributed by atoms with van der Waals surface area (Å²) < 4.78 is 1.91. The predicted octanol–water partition coefficient (Wildman–Crippen LogP) is 5.23. The lowest BCUT2D eigenvalue weighted by molar-refractivity contribution is -0.0711. The lowest BCUT2D eigenvalue weighted by Crippen LogP contribution is -2.44. The highest BCUT2D eigenvalue weighted by molar-refractivity contribution is 7.13. The molecule has 0 bridgehead atoms. The maximum absolute atomic E-state index is 11.4. The van der Waals surface area contributed by atoms with Crippen LogP contribution >= 0.6 is 11.3 Å². The number of nitrogens with zero attached hydrogens (tertiary/aromatic N) is 3. The highest BCUT2D eigenvalue weighted by Crippen LogP contribution is 2.40. The SMILES string of the molecule is CC(O)(CCC(C)(O)[C@H]1CC[C@H](N)CC1)C1CCC(Nc2ccc3ncc(-c4cccs4)n3n2)CC1. The number of nitrogens with one attached hydrogen (secondary N) is 1. The maximum atomic E-state index is 11.4. The normalized spacial score (nSPS) is 28.5. The molecule has 5 N–H and O–H groups in total. The average molecular weight is 512 g/mol. The summed E-state index contributed by atoms with van der Waals surface area (Å²) in [6, 6.07) is 8.77. The van der Waals surface area contributed by atoms with E-state index in [1.165, 1.54) is 0 Å². The Hall–Kier alpha value is -2.00. The first kappa shape index (κ1) is 25.6. The Labute approximate surface area is 218 Å². The van der Waals surface area contributed by atoms with E-state index in [9.17, 15) is 10.2 Å².